The van der Waals surface area contributed by atoms with E-state index in [1.165, 1.54) is 61.6 Å². The molecule has 0 N–H and O–H groups in total. The largest absolute Gasteiger partial charge is 0.475 e. The zero-order valence-corrected chi connectivity index (χ0v) is 21.2. The summed E-state index contributed by atoms with van der Waals surface area (Å²) in [7, 11) is 0. The summed E-state index contributed by atoms with van der Waals surface area (Å²) in [6.45, 7) is 17.9. The molecule has 0 radical (unpaired) electrons. The zero-order chi connectivity index (χ0) is 22.7. The van der Waals surface area contributed by atoms with Crippen LogP contribution in [0.2, 0.25) is 0 Å². The van der Waals surface area contributed by atoms with Gasteiger partial charge in [0.15, 0.2) is 5.60 Å². The van der Waals surface area contributed by atoms with E-state index in [4.69, 9.17) is 11.2 Å². The van der Waals surface area contributed by atoms with E-state index in [0.29, 0.717) is 0 Å². The van der Waals surface area contributed by atoms with Crippen molar-refractivity contribution in [2.45, 2.75) is 119 Å². The van der Waals surface area contributed by atoms with E-state index in [2.05, 4.69) is 73.4 Å². The van der Waals surface area contributed by atoms with Gasteiger partial charge in [0.25, 0.3) is 0 Å². The summed E-state index contributed by atoms with van der Waals surface area (Å²) < 4.78 is 6.36. The molecule has 1 aromatic rings. The van der Waals surface area contributed by atoms with Crippen molar-refractivity contribution in [1.29, 1.82) is 0 Å². The number of aryl methyl sites for hydroxylation is 2. The molecule has 0 saturated carbocycles. The summed E-state index contributed by atoms with van der Waals surface area (Å²) in [5.74, 6) is 6.34. The van der Waals surface area contributed by atoms with Crippen molar-refractivity contribution in [2.75, 3.05) is 0 Å². The lowest BCUT2D eigenvalue weighted by Gasteiger charge is -2.27. The van der Waals surface area contributed by atoms with Gasteiger partial charge in [-0.25, -0.2) is 0 Å². The molecule has 0 aliphatic heterocycles. The second-order valence-electron chi connectivity index (χ2n) is 10.5. The number of hydrogen-bond acceptors (Lipinski definition) is 1. The normalized spacial score (nSPS) is 15.5. The average Bonchev–Trinajstić information content (AvgIpc) is 2.65. The Morgan fingerprint density at radius 1 is 0.867 bits per heavy atom. The maximum atomic E-state index is 6.36. The number of hydrogen-bond donors (Lipinski definition) is 0. The highest BCUT2D eigenvalue weighted by Gasteiger charge is 2.24. The molecular formula is C29H48O. The van der Waals surface area contributed by atoms with Crippen LogP contribution in [-0.2, 0) is 0 Å². The third-order valence-electron chi connectivity index (χ3n) is 6.63. The van der Waals surface area contributed by atoms with Gasteiger partial charge in [0.1, 0.15) is 5.75 Å². The minimum Gasteiger partial charge on any atom is -0.475 e. The van der Waals surface area contributed by atoms with Gasteiger partial charge in [-0.1, -0.05) is 84.6 Å². The Balaban J connectivity index is 2.37. The lowest BCUT2D eigenvalue weighted by Crippen LogP contribution is -2.31. The summed E-state index contributed by atoms with van der Waals surface area (Å²) in [4.78, 5) is 0. The van der Waals surface area contributed by atoms with Crippen molar-refractivity contribution < 1.29 is 4.74 Å². The molecule has 0 heterocycles. The maximum absolute atomic E-state index is 6.36. The van der Waals surface area contributed by atoms with Gasteiger partial charge in [0.2, 0.25) is 0 Å². The summed E-state index contributed by atoms with van der Waals surface area (Å²) in [5, 5.41) is 0. The van der Waals surface area contributed by atoms with Gasteiger partial charge in [-0.2, -0.15) is 0 Å². The summed E-state index contributed by atoms with van der Waals surface area (Å²) in [6.07, 6.45) is 17.4. The second kappa shape index (κ2) is 13.1. The van der Waals surface area contributed by atoms with Crippen LogP contribution in [0, 0.1) is 50.9 Å². The first kappa shape index (κ1) is 26.6. The van der Waals surface area contributed by atoms with Crippen LogP contribution in [0.4, 0.5) is 0 Å². The van der Waals surface area contributed by atoms with E-state index in [1.54, 1.807) is 0 Å². The average molecular weight is 413 g/mol. The number of terminal acetylenes is 1. The standard InChI is InChI=1S/C29H48O/c1-10-29(9,30-28-21-25(6)20-26(7)27(28)8)19-13-18-24(5)17-12-16-23(4)15-11-14-22(2)3/h1,20-24H,11-19H2,2-9H3/t23?,24?,29-/m1/s1. The Morgan fingerprint density at radius 2 is 1.40 bits per heavy atom. The summed E-state index contributed by atoms with van der Waals surface area (Å²) in [5.41, 5.74) is 3.14. The highest BCUT2D eigenvalue weighted by molar-refractivity contribution is 5.42. The number of ether oxygens (including phenoxy) is 1. The van der Waals surface area contributed by atoms with Crippen LogP contribution in [-0.4, -0.2) is 5.60 Å². The maximum Gasteiger partial charge on any atom is 0.166 e. The summed E-state index contributed by atoms with van der Waals surface area (Å²) in [6, 6.07) is 4.31. The molecule has 0 bridgehead atoms. The van der Waals surface area contributed by atoms with Gasteiger partial charge >= 0.3 is 0 Å². The second-order valence-corrected chi connectivity index (χ2v) is 10.5. The third-order valence-corrected chi connectivity index (χ3v) is 6.63. The first-order valence-electron chi connectivity index (χ1n) is 12.3. The van der Waals surface area contributed by atoms with Crippen LogP contribution in [0.5, 0.6) is 5.75 Å². The molecule has 0 aliphatic carbocycles. The van der Waals surface area contributed by atoms with E-state index in [9.17, 15) is 0 Å². The fraction of sp³-hybridized carbons (Fsp3) is 0.724. The highest BCUT2D eigenvalue weighted by Crippen LogP contribution is 2.30. The van der Waals surface area contributed by atoms with Crippen molar-refractivity contribution in [1.82, 2.24) is 0 Å². The monoisotopic (exact) mass is 412 g/mol. The molecule has 0 aromatic heterocycles. The van der Waals surface area contributed by atoms with Crippen molar-refractivity contribution in [3.8, 4) is 18.1 Å². The van der Waals surface area contributed by atoms with E-state index < -0.39 is 5.60 Å². The minimum absolute atomic E-state index is 0.532. The first-order chi connectivity index (χ1) is 14.1. The van der Waals surface area contributed by atoms with Crippen LogP contribution < -0.4 is 4.74 Å². The topological polar surface area (TPSA) is 9.23 Å². The molecule has 0 fully saturated rings. The van der Waals surface area contributed by atoms with Gasteiger partial charge in [-0.3, -0.25) is 0 Å². The Morgan fingerprint density at radius 3 is 1.93 bits per heavy atom. The SMILES string of the molecule is C#C[C@](C)(CCCC(C)CCCC(C)CCCC(C)C)Oc1cc(C)cc(C)c1C. The molecule has 2 unspecified atom stereocenters. The molecule has 0 saturated heterocycles. The fourth-order valence-electron chi connectivity index (χ4n) is 4.27. The predicted molar refractivity (Wildman–Crippen MR) is 133 cm³/mol. The number of benzene rings is 1. The van der Waals surface area contributed by atoms with Crippen LogP contribution in [0.3, 0.4) is 0 Å². The first-order valence-corrected chi connectivity index (χ1v) is 12.3. The van der Waals surface area contributed by atoms with E-state index in [1.807, 2.05) is 0 Å². The Bertz CT molecular complexity index is 666. The zero-order valence-electron chi connectivity index (χ0n) is 21.2. The molecule has 0 amide bonds. The van der Waals surface area contributed by atoms with E-state index in [-0.39, 0.29) is 0 Å². The molecule has 30 heavy (non-hydrogen) atoms. The smallest absolute Gasteiger partial charge is 0.166 e. The van der Waals surface area contributed by atoms with Crippen molar-refractivity contribution in [3.05, 3.63) is 28.8 Å². The van der Waals surface area contributed by atoms with Gasteiger partial charge in [-0.05, 0) is 81.0 Å². The van der Waals surface area contributed by atoms with E-state index >= 15 is 0 Å². The quantitative estimate of drug-likeness (QED) is 0.277. The van der Waals surface area contributed by atoms with Gasteiger partial charge < -0.3 is 4.74 Å². The van der Waals surface area contributed by atoms with Crippen LogP contribution in [0.25, 0.3) is 0 Å². The molecule has 0 spiro atoms. The molecule has 0 aliphatic rings. The van der Waals surface area contributed by atoms with Crippen LogP contribution in [0.1, 0.15) is 109 Å². The van der Waals surface area contributed by atoms with Crippen molar-refractivity contribution in [2.24, 2.45) is 17.8 Å². The Kier molecular flexibility index (Phi) is 11.6. The lowest BCUT2D eigenvalue weighted by molar-refractivity contribution is 0.134. The molecular weight excluding hydrogens is 364 g/mol. The van der Waals surface area contributed by atoms with Crippen molar-refractivity contribution in [3.63, 3.8) is 0 Å². The fourth-order valence-corrected chi connectivity index (χ4v) is 4.27. The van der Waals surface area contributed by atoms with Crippen LogP contribution in [0.15, 0.2) is 12.1 Å². The van der Waals surface area contributed by atoms with Gasteiger partial charge in [0.05, 0.1) is 0 Å². The third kappa shape index (κ3) is 10.1. The Hall–Kier alpha value is -1.42. The van der Waals surface area contributed by atoms with Gasteiger partial charge in [0, 0.05) is 0 Å². The van der Waals surface area contributed by atoms with Gasteiger partial charge in [-0.15, -0.1) is 6.42 Å². The minimum atomic E-state index is -0.532. The molecule has 1 rings (SSSR count). The lowest BCUT2D eigenvalue weighted by atomic mass is 9.90. The highest BCUT2D eigenvalue weighted by atomic mass is 16.5. The number of rotatable bonds is 14. The molecule has 1 aromatic carbocycles. The molecule has 170 valence electrons. The predicted octanol–water partition coefficient (Wildman–Crippen LogP) is 8.82. The van der Waals surface area contributed by atoms with Crippen LogP contribution >= 0.6 is 0 Å². The summed E-state index contributed by atoms with van der Waals surface area (Å²) >= 11 is 0. The molecule has 1 nitrogen and oxygen atoms in total. The molecule has 3 atom stereocenters. The Labute approximate surface area is 188 Å². The molecule has 1 heteroatoms. The van der Waals surface area contributed by atoms with E-state index in [0.717, 1.165) is 36.3 Å². The van der Waals surface area contributed by atoms with Crippen molar-refractivity contribution >= 4 is 0 Å².